The van der Waals surface area contributed by atoms with E-state index in [1.165, 1.54) is 6.42 Å². The molecule has 0 amide bonds. The van der Waals surface area contributed by atoms with Crippen LogP contribution in [-0.2, 0) is 0 Å². The predicted octanol–water partition coefficient (Wildman–Crippen LogP) is 3.39. The number of aromatic nitrogens is 1. The molecule has 1 saturated carbocycles. The van der Waals surface area contributed by atoms with Crippen LogP contribution < -0.4 is 5.32 Å². The summed E-state index contributed by atoms with van der Waals surface area (Å²) in [4.78, 5) is 15.3. The normalized spacial score (nSPS) is 19.8. The van der Waals surface area contributed by atoms with Crippen molar-refractivity contribution < 1.29 is 9.90 Å². The minimum Gasteiger partial charge on any atom is -0.477 e. The second-order valence-electron chi connectivity index (χ2n) is 6.15. The van der Waals surface area contributed by atoms with E-state index in [0.29, 0.717) is 16.8 Å². The van der Waals surface area contributed by atoms with E-state index in [-0.39, 0.29) is 5.69 Å². The summed E-state index contributed by atoms with van der Waals surface area (Å²) in [5.74, 6) is -0.340. The Morgan fingerprint density at radius 2 is 2.15 bits per heavy atom. The van der Waals surface area contributed by atoms with Gasteiger partial charge in [-0.05, 0) is 29.9 Å². The first-order valence-electron chi connectivity index (χ1n) is 6.84. The smallest absolute Gasteiger partial charge is 0.354 e. The van der Waals surface area contributed by atoms with Crippen molar-refractivity contribution >= 4 is 22.6 Å². The maximum Gasteiger partial charge on any atom is 0.354 e. The van der Waals surface area contributed by atoms with Gasteiger partial charge in [0.05, 0.1) is 5.52 Å². The number of hydrogen-bond acceptors (Lipinski definition) is 3. The van der Waals surface area contributed by atoms with Crippen LogP contribution in [0.15, 0.2) is 30.3 Å². The molecule has 0 spiro atoms. The van der Waals surface area contributed by atoms with E-state index in [9.17, 15) is 4.79 Å². The van der Waals surface area contributed by atoms with Crippen LogP contribution in [0.1, 0.15) is 30.8 Å². The number of hydrogen-bond donors (Lipinski definition) is 2. The van der Waals surface area contributed by atoms with Crippen LogP contribution in [0, 0.1) is 11.3 Å². The molecular formula is C16H18N2O2. The maximum atomic E-state index is 11.2. The minimum atomic E-state index is -0.995. The van der Waals surface area contributed by atoms with Gasteiger partial charge in [-0.1, -0.05) is 32.0 Å². The molecule has 0 saturated heterocycles. The lowest BCUT2D eigenvalue weighted by atomic mass is 10.1. The number of para-hydroxylation sites is 1. The van der Waals surface area contributed by atoms with Gasteiger partial charge < -0.3 is 10.4 Å². The minimum absolute atomic E-state index is 0.0845. The molecule has 0 radical (unpaired) electrons. The molecule has 1 fully saturated rings. The molecule has 1 unspecified atom stereocenters. The van der Waals surface area contributed by atoms with Crippen molar-refractivity contribution in [1.29, 1.82) is 0 Å². The van der Waals surface area contributed by atoms with Crippen molar-refractivity contribution in [3.05, 3.63) is 36.0 Å². The van der Waals surface area contributed by atoms with Gasteiger partial charge in [0.1, 0.15) is 0 Å². The fourth-order valence-electron chi connectivity index (χ4n) is 2.59. The van der Waals surface area contributed by atoms with Gasteiger partial charge >= 0.3 is 5.97 Å². The molecule has 4 nitrogen and oxygen atoms in total. The van der Waals surface area contributed by atoms with Crippen molar-refractivity contribution in [2.24, 2.45) is 11.3 Å². The third kappa shape index (κ3) is 2.33. The fourth-order valence-corrected chi connectivity index (χ4v) is 2.59. The van der Waals surface area contributed by atoms with Crippen LogP contribution >= 0.6 is 0 Å². The maximum absolute atomic E-state index is 11.2. The molecule has 1 aromatic heterocycles. The predicted molar refractivity (Wildman–Crippen MR) is 79.1 cm³/mol. The van der Waals surface area contributed by atoms with E-state index >= 15 is 0 Å². The Kier molecular flexibility index (Phi) is 2.89. The average Bonchev–Trinajstić information content (AvgIpc) is 3.03. The quantitative estimate of drug-likeness (QED) is 0.894. The van der Waals surface area contributed by atoms with Crippen molar-refractivity contribution in [2.75, 3.05) is 11.9 Å². The highest BCUT2D eigenvalue weighted by atomic mass is 16.4. The average molecular weight is 270 g/mol. The molecule has 1 aliphatic carbocycles. The van der Waals surface area contributed by atoms with Gasteiger partial charge in [-0.15, -0.1) is 0 Å². The number of nitrogens with one attached hydrogen (secondary N) is 1. The number of pyridine rings is 1. The first kappa shape index (κ1) is 12.9. The number of anilines is 1. The number of carbonyl (C=O) groups is 1. The van der Waals surface area contributed by atoms with Crippen LogP contribution in [0.2, 0.25) is 0 Å². The van der Waals surface area contributed by atoms with E-state index in [0.717, 1.165) is 17.6 Å². The summed E-state index contributed by atoms with van der Waals surface area (Å²) in [7, 11) is 0. The van der Waals surface area contributed by atoms with E-state index < -0.39 is 5.97 Å². The summed E-state index contributed by atoms with van der Waals surface area (Å²) in [6, 6.07) is 9.24. The third-order valence-electron chi connectivity index (χ3n) is 4.19. The standard InChI is InChI=1S/C16H18N2O2/c1-16(2)8-10(16)9-17-13-7-14(15(19)20)18-12-6-4-3-5-11(12)13/h3-7,10H,8-9H2,1-2H3,(H,17,18)(H,19,20). The molecule has 1 atom stereocenters. The zero-order valence-corrected chi connectivity index (χ0v) is 11.7. The summed E-state index contributed by atoms with van der Waals surface area (Å²) < 4.78 is 0. The first-order valence-corrected chi connectivity index (χ1v) is 6.84. The highest BCUT2D eigenvalue weighted by Crippen LogP contribution is 2.51. The number of nitrogens with zero attached hydrogens (tertiary/aromatic N) is 1. The SMILES string of the molecule is CC1(C)CC1CNc1cc(C(=O)O)nc2ccccc12. The molecule has 1 aliphatic rings. The molecule has 2 aromatic rings. The first-order chi connectivity index (χ1) is 9.47. The van der Waals surface area contributed by atoms with Crippen LogP contribution in [0.5, 0.6) is 0 Å². The van der Waals surface area contributed by atoms with Crippen LogP contribution in [-0.4, -0.2) is 22.6 Å². The van der Waals surface area contributed by atoms with Crippen molar-refractivity contribution in [3.8, 4) is 0 Å². The fraction of sp³-hybridized carbons (Fsp3) is 0.375. The number of carboxylic acids is 1. The second kappa shape index (κ2) is 4.47. The molecule has 0 aliphatic heterocycles. The third-order valence-corrected chi connectivity index (χ3v) is 4.19. The number of carboxylic acid groups (broad SMARTS) is 1. The van der Waals surface area contributed by atoms with Gasteiger partial charge in [-0.25, -0.2) is 9.78 Å². The highest BCUT2D eigenvalue weighted by Gasteiger charge is 2.44. The molecule has 3 rings (SSSR count). The van der Waals surface area contributed by atoms with Gasteiger partial charge in [0, 0.05) is 17.6 Å². The molecule has 20 heavy (non-hydrogen) atoms. The Labute approximate surface area is 117 Å². The summed E-state index contributed by atoms with van der Waals surface area (Å²) in [5, 5.41) is 13.5. The summed E-state index contributed by atoms with van der Waals surface area (Å²) in [5.41, 5.74) is 2.06. The molecule has 4 heteroatoms. The number of fused-ring (bicyclic) bond motifs is 1. The summed E-state index contributed by atoms with van der Waals surface area (Å²) in [6.45, 7) is 5.39. The largest absolute Gasteiger partial charge is 0.477 e. The Morgan fingerprint density at radius 3 is 2.80 bits per heavy atom. The lowest BCUT2D eigenvalue weighted by Gasteiger charge is -2.11. The molecule has 104 valence electrons. The van der Waals surface area contributed by atoms with Gasteiger partial charge in [-0.2, -0.15) is 0 Å². The van der Waals surface area contributed by atoms with Crippen LogP contribution in [0.25, 0.3) is 10.9 Å². The Hall–Kier alpha value is -2.10. The van der Waals surface area contributed by atoms with Crippen LogP contribution in [0.4, 0.5) is 5.69 Å². The molecule has 0 bridgehead atoms. The molecular weight excluding hydrogens is 252 g/mol. The van der Waals surface area contributed by atoms with Gasteiger partial charge in [-0.3, -0.25) is 0 Å². The van der Waals surface area contributed by atoms with Crippen molar-refractivity contribution in [1.82, 2.24) is 4.98 Å². The monoisotopic (exact) mass is 270 g/mol. The highest BCUT2D eigenvalue weighted by molar-refractivity contribution is 5.97. The second-order valence-corrected chi connectivity index (χ2v) is 6.15. The number of benzene rings is 1. The van der Waals surface area contributed by atoms with E-state index in [1.807, 2.05) is 24.3 Å². The van der Waals surface area contributed by atoms with Gasteiger partial charge in [0.15, 0.2) is 5.69 Å². The van der Waals surface area contributed by atoms with E-state index in [4.69, 9.17) is 5.11 Å². The van der Waals surface area contributed by atoms with E-state index in [1.54, 1.807) is 6.07 Å². The lowest BCUT2D eigenvalue weighted by molar-refractivity contribution is 0.0691. The number of aromatic carboxylic acids is 1. The molecule has 1 heterocycles. The molecule has 1 aromatic carbocycles. The zero-order valence-electron chi connectivity index (χ0n) is 11.7. The van der Waals surface area contributed by atoms with Crippen molar-refractivity contribution in [2.45, 2.75) is 20.3 Å². The van der Waals surface area contributed by atoms with Gasteiger partial charge in [0.2, 0.25) is 0 Å². The summed E-state index contributed by atoms with van der Waals surface area (Å²) in [6.07, 6.45) is 1.22. The van der Waals surface area contributed by atoms with Gasteiger partial charge in [0.25, 0.3) is 0 Å². The number of rotatable bonds is 4. The van der Waals surface area contributed by atoms with E-state index in [2.05, 4.69) is 24.1 Å². The molecule has 2 N–H and O–H groups in total. The zero-order chi connectivity index (χ0) is 14.3. The topological polar surface area (TPSA) is 62.2 Å². The lowest BCUT2D eigenvalue weighted by Crippen LogP contribution is -2.09. The van der Waals surface area contributed by atoms with Crippen LogP contribution in [0.3, 0.4) is 0 Å². The summed E-state index contributed by atoms with van der Waals surface area (Å²) >= 11 is 0. The Balaban J connectivity index is 1.93. The Bertz CT molecular complexity index is 679. The Morgan fingerprint density at radius 1 is 1.45 bits per heavy atom. The van der Waals surface area contributed by atoms with Crippen molar-refractivity contribution in [3.63, 3.8) is 0 Å².